The highest BCUT2D eigenvalue weighted by Gasteiger charge is 2.46. The number of fused-ring (bicyclic) bond motifs is 1. The molecule has 2 fully saturated rings. The average molecular weight is 209 g/mol. The number of hydrogen-bond donors (Lipinski definition) is 0. The predicted octanol–water partition coefficient (Wildman–Crippen LogP) is 1.58. The van der Waals surface area contributed by atoms with Gasteiger partial charge in [0.2, 0.25) is 0 Å². The third kappa shape index (κ3) is 1.27. The van der Waals surface area contributed by atoms with Gasteiger partial charge in [-0.15, -0.1) is 11.6 Å². The zero-order chi connectivity index (χ0) is 8.77. The van der Waals surface area contributed by atoms with Gasteiger partial charge in [0.1, 0.15) is 0 Å². The van der Waals surface area contributed by atoms with Crippen LogP contribution in [0.5, 0.6) is 0 Å². The Morgan fingerprint density at radius 3 is 2.50 bits per heavy atom. The van der Waals surface area contributed by atoms with Crippen LogP contribution in [0.1, 0.15) is 25.7 Å². The lowest BCUT2D eigenvalue weighted by molar-refractivity contribution is 0.375. The molecule has 3 unspecified atom stereocenters. The first kappa shape index (κ1) is 8.82. The highest BCUT2D eigenvalue weighted by Crippen LogP contribution is 2.40. The molecule has 2 aliphatic rings. The summed E-state index contributed by atoms with van der Waals surface area (Å²) in [5.74, 6) is 0.467. The largest absolute Gasteiger partial charge is 0.228 e. The summed E-state index contributed by atoms with van der Waals surface area (Å²) in [7, 11) is -2.83. The SMILES string of the molecule is O=S1(=O)CC(Cl)C2CCCCC21. The second-order valence-electron chi connectivity index (χ2n) is 3.83. The van der Waals surface area contributed by atoms with Crippen LogP contribution < -0.4 is 0 Å². The molecule has 1 aliphatic heterocycles. The summed E-state index contributed by atoms with van der Waals surface area (Å²) in [4.78, 5) is 0. The molecule has 1 saturated carbocycles. The highest BCUT2D eigenvalue weighted by atomic mass is 35.5. The van der Waals surface area contributed by atoms with Gasteiger partial charge in [-0.1, -0.05) is 12.8 Å². The van der Waals surface area contributed by atoms with Crippen molar-refractivity contribution in [3.63, 3.8) is 0 Å². The second kappa shape index (κ2) is 2.88. The number of rotatable bonds is 0. The van der Waals surface area contributed by atoms with Crippen LogP contribution in [0, 0.1) is 5.92 Å². The van der Waals surface area contributed by atoms with Crippen LogP contribution in [0.15, 0.2) is 0 Å². The zero-order valence-corrected chi connectivity index (χ0v) is 8.44. The van der Waals surface area contributed by atoms with Gasteiger partial charge in [-0.2, -0.15) is 0 Å². The lowest BCUT2D eigenvalue weighted by Gasteiger charge is -2.24. The molecule has 70 valence electrons. The molecule has 0 aromatic heterocycles. The Balaban J connectivity index is 2.28. The molecule has 2 nitrogen and oxygen atoms in total. The van der Waals surface area contributed by atoms with Crippen molar-refractivity contribution in [2.24, 2.45) is 5.92 Å². The van der Waals surface area contributed by atoms with Crippen molar-refractivity contribution in [3.8, 4) is 0 Å². The van der Waals surface area contributed by atoms with E-state index in [0.717, 1.165) is 25.7 Å². The van der Waals surface area contributed by atoms with E-state index in [-0.39, 0.29) is 22.3 Å². The Hall–Kier alpha value is 0.240. The summed E-state index contributed by atoms with van der Waals surface area (Å²) >= 11 is 5.99. The molecular weight excluding hydrogens is 196 g/mol. The van der Waals surface area contributed by atoms with Gasteiger partial charge in [0.05, 0.1) is 16.4 Å². The molecule has 0 aromatic carbocycles. The number of alkyl halides is 1. The third-order valence-electron chi connectivity index (χ3n) is 3.07. The quantitative estimate of drug-likeness (QED) is 0.567. The molecule has 1 heterocycles. The maximum Gasteiger partial charge on any atom is 0.154 e. The Kier molecular flexibility index (Phi) is 2.11. The van der Waals surface area contributed by atoms with Gasteiger partial charge in [-0.25, -0.2) is 8.42 Å². The highest BCUT2D eigenvalue weighted by molar-refractivity contribution is 7.92. The summed E-state index contributed by atoms with van der Waals surface area (Å²) in [5.41, 5.74) is 0. The third-order valence-corrected chi connectivity index (χ3v) is 6.06. The predicted molar refractivity (Wildman–Crippen MR) is 49.2 cm³/mol. The summed E-state index contributed by atoms with van der Waals surface area (Å²) in [5, 5.41) is -0.214. The normalized spacial score (nSPS) is 45.6. The molecule has 3 atom stereocenters. The van der Waals surface area contributed by atoms with Crippen molar-refractivity contribution in [1.82, 2.24) is 0 Å². The lowest BCUT2D eigenvalue weighted by atomic mass is 9.87. The molecule has 0 aromatic rings. The monoisotopic (exact) mass is 208 g/mol. The summed E-state index contributed by atoms with van der Waals surface area (Å²) in [6, 6.07) is 0. The maximum absolute atomic E-state index is 11.5. The Morgan fingerprint density at radius 1 is 1.17 bits per heavy atom. The van der Waals surface area contributed by atoms with Gasteiger partial charge >= 0.3 is 0 Å². The van der Waals surface area contributed by atoms with Crippen molar-refractivity contribution < 1.29 is 8.42 Å². The van der Waals surface area contributed by atoms with E-state index in [2.05, 4.69) is 0 Å². The first-order valence-corrected chi connectivity index (χ1v) is 6.62. The van der Waals surface area contributed by atoms with Gasteiger partial charge in [-0.3, -0.25) is 0 Å². The first-order chi connectivity index (χ1) is 5.61. The van der Waals surface area contributed by atoms with Crippen molar-refractivity contribution >= 4 is 21.4 Å². The Labute approximate surface area is 78.2 Å². The van der Waals surface area contributed by atoms with Crippen molar-refractivity contribution in [1.29, 1.82) is 0 Å². The Morgan fingerprint density at radius 2 is 1.83 bits per heavy atom. The maximum atomic E-state index is 11.5. The molecule has 0 radical (unpaired) electrons. The molecule has 0 amide bonds. The first-order valence-electron chi connectivity index (χ1n) is 4.47. The van der Waals surface area contributed by atoms with Crippen LogP contribution in [-0.4, -0.2) is 24.8 Å². The van der Waals surface area contributed by atoms with E-state index in [9.17, 15) is 8.42 Å². The van der Waals surface area contributed by atoms with E-state index < -0.39 is 9.84 Å². The van der Waals surface area contributed by atoms with Crippen molar-refractivity contribution in [2.45, 2.75) is 36.3 Å². The van der Waals surface area contributed by atoms with Crippen LogP contribution in [0.4, 0.5) is 0 Å². The van der Waals surface area contributed by atoms with Gasteiger partial charge < -0.3 is 0 Å². The molecule has 0 N–H and O–H groups in total. The Bertz CT molecular complexity index is 273. The number of hydrogen-bond acceptors (Lipinski definition) is 2. The minimum atomic E-state index is -2.83. The van der Waals surface area contributed by atoms with E-state index in [0.29, 0.717) is 0 Å². The molecule has 4 heteroatoms. The summed E-state index contributed by atoms with van der Waals surface area (Å²) < 4.78 is 23.0. The minimum absolute atomic E-state index is 0.103. The van der Waals surface area contributed by atoms with Crippen LogP contribution in [-0.2, 0) is 9.84 Å². The van der Waals surface area contributed by atoms with E-state index in [1.807, 2.05) is 0 Å². The van der Waals surface area contributed by atoms with Crippen LogP contribution in [0.3, 0.4) is 0 Å². The minimum Gasteiger partial charge on any atom is -0.228 e. The molecule has 1 aliphatic carbocycles. The van der Waals surface area contributed by atoms with E-state index in [4.69, 9.17) is 11.6 Å². The molecule has 0 spiro atoms. The molecule has 1 saturated heterocycles. The average Bonchev–Trinajstić information content (AvgIpc) is 2.25. The van der Waals surface area contributed by atoms with Gasteiger partial charge in [0.25, 0.3) is 0 Å². The van der Waals surface area contributed by atoms with Crippen molar-refractivity contribution in [2.75, 3.05) is 5.75 Å². The molecule has 0 bridgehead atoms. The standard InChI is InChI=1S/C8H13ClO2S/c9-7-5-12(10,11)8-4-2-1-3-6(7)8/h6-8H,1-5H2. The fourth-order valence-corrected chi connectivity index (χ4v) is 5.69. The summed E-state index contributed by atoms with van der Waals surface area (Å²) in [6.07, 6.45) is 4.07. The lowest BCUT2D eigenvalue weighted by Crippen LogP contribution is -2.27. The van der Waals surface area contributed by atoms with Crippen LogP contribution >= 0.6 is 11.6 Å². The second-order valence-corrected chi connectivity index (χ2v) is 6.66. The smallest absolute Gasteiger partial charge is 0.154 e. The molecule has 2 rings (SSSR count). The number of halogens is 1. The zero-order valence-electron chi connectivity index (χ0n) is 6.87. The fraction of sp³-hybridized carbons (Fsp3) is 1.00. The van der Waals surface area contributed by atoms with E-state index in [1.54, 1.807) is 0 Å². The van der Waals surface area contributed by atoms with Crippen LogP contribution in [0.25, 0.3) is 0 Å². The van der Waals surface area contributed by atoms with Gasteiger partial charge in [0.15, 0.2) is 9.84 Å². The fourth-order valence-electron chi connectivity index (χ4n) is 2.45. The molecular formula is C8H13ClO2S. The van der Waals surface area contributed by atoms with Gasteiger partial charge in [-0.05, 0) is 18.8 Å². The van der Waals surface area contributed by atoms with E-state index >= 15 is 0 Å². The van der Waals surface area contributed by atoms with Crippen molar-refractivity contribution in [3.05, 3.63) is 0 Å². The molecule has 12 heavy (non-hydrogen) atoms. The topological polar surface area (TPSA) is 34.1 Å². The number of sulfone groups is 1. The van der Waals surface area contributed by atoms with E-state index in [1.165, 1.54) is 0 Å². The summed E-state index contributed by atoms with van der Waals surface area (Å²) in [6.45, 7) is 0. The van der Waals surface area contributed by atoms with Crippen LogP contribution in [0.2, 0.25) is 0 Å². The van der Waals surface area contributed by atoms with Gasteiger partial charge in [0, 0.05) is 0 Å².